The Morgan fingerprint density at radius 1 is 1.22 bits per heavy atom. The molecule has 0 fully saturated rings. The molecule has 0 saturated heterocycles. The Morgan fingerprint density at radius 2 is 1.78 bits per heavy atom. The summed E-state index contributed by atoms with van der Waals surface area (Å²) in [5.41, 5.74) is 0.599. The van der Waals surface area contributed by atoms with E-state index >= 15 is 0 Å². The molecule has 18 heavy (non-hydrogen) atoms. The van der Waals surface area contributed by atoms with Crippen LogP contribution >= 0.6 is 7.60 Å². The largest absolute Gasteiger partial charge is 0.363 e. The summed E-state index contributed by atoms with van der Waals surface area (Å²) < 4.78 is 23.0. The van der Waals surface area contributed by atoms with Gasteiger partial charge in [-0.25, -0.2) is 0 Å². The van der Waals surface area contributed by atoms with Gasteiger partial charge < -0.3 is 9.05 Å². The van der Waals surface area contributed by atoms with Gasteiger partial charge >= 0.3 is 7.60 Å². The second-order valence-corrected chi connectivity index (χ2v) is 5.31. The van der Waals surface area contributed by atoms with Gasteiger partial charge in [0.15, 0.2) is 0 Å². The maximum absolute atomic E-state index is 12.6. The molecule has 0 spiro atoms. The molecule has 0 unspecified atom stereocenters. The SMILES string of the molecule is CCOP(=O)(OCC)/C(=C/N=O)c1ccccc1. The maximum atomic E-state index is 12.6. The highest BCUT2D eigenvalue weighted by Gasteiger charge is 2.31. The molecule has 5 nitrogen and oxygen atoms in total. The van der Waals surface area contributed by atoms with Crippen LogP contribution in [0, 0.1) is 4.91 Å². The summed E-state index contributed by atoms with van der Waals surface area (Å²) in [5.74, 6) is 0. The second kappa shape index (κ2) is 7.21. The van der Waals surface area contributed by atoms with Crippen molar-refractivity contribution in [2.75, 3.05) is 13.2 Å². The summed E-state index contributed by atoms with van der Waals surface area (Å²) in [6.45, 7) is 3.87. The molecule has 0 aliphatic carbocycles. The standard InChI is InChI=1S/C12H16NO4P/c1-3-16-18(15,17-4-2)12(10-13-14)11-8-6-5-7-9-11/h5-10H,3-4H2,1-2H3/b12-10+. The summed E-state index contributed by atoms with van der Waals surface area (Å²) in [5, 5.41) is 2.88. The molecular weight excluding hydrogens is 253 g/mol. The molecule has 1 aromatic rings. The van der Waals surface area contributed by atoms with E-state index in [1.165, 1.54) is 0 Å². The summed E-state index contributed by atoms with van der Waals surface area (Å²) >= 11 is 0. The minimum absolute atomic E-state index is 0.182. The topological polar surface area (TPSA) is 65.0 Å². The molecule has 0 atom stereocenters. The first-order valence-electron chi connectivity index (χ1n) is 5.65. The van der Waals surface area contributed by atoms with Gasteiger partial charge in [0.25, 0.3) is 0 Å². The molecule has 98 valence electrons. The molecule has 0 amide bonds. The van der Waals surface area contributed by atoms with E-state index in [4.69, 9.17) is 9.05 Å². The summed E-state index contributed by atoms with van der Waals surface area (Å²) in [6, 6.07) is 8.82. The van der Waals surface area contributed by atoms with Crippen molar-refractivity contribution < 1.29 is 13.6 Å². The molecule has 0 aliphatic rings. The first-order valence-corrected chi connectivity index (χ1v) is 7.20. The van der Waals surface area contributed by atoms with Crippen LogP contribution in [0.5, 0.6) is 0 Å². The lowest BCUT2D eigenvalue weighted by Gasteiger charge is -2.19. The van der Waals surface area contributed by atoms with Gasteiger partial charge in [-0.15, -0.1) is 4.91 Å². The van der Waals surface area contributed by atoms with Crippen LogP contribution in [0.25, 0.3) is 5.31 Å². The average molecular weight is 269 g/mol. The highest BCUT2D eigenvalue weighted by atomic mass is 31.2. The molecule has 1 aromatic carbocycles. The number of hydrogen-bond donors (Lipinski definition) is 0. The molecule has 0 radical (unpaired) electrons. The minimum Gasteiger partial charge on any atom is -0.305 e. The van der Waals surface area contributed by atoms with Crippen molar-refractivity contribution in [3.63, 3.8) is 0 Å². The van der Waals surface area contributed by atoms with Crippen molar-refractivity contribution in [3.05, 3.63) is 47.0 Å². The fourth-order valence-electron chi connectivity index (χ4n) is 1.48. The van der Waals surface area contributed by atoms with Crippen molar-refractivity contribution in [2.24, 2.45) is 5.18 Å². The zero-order chi connectivity index (χ0) is 13.4. The van der Waals surface area contributed by atoms with Gasteiger partial charge in [0.1, 0.15) is 0 Å². The summed E-state index contributed by atoms with van der Waals surface area (Å²) in [6.07, 6.45) is 0.988. The van der Waals surface area contributed by atoms with Crippen molar-refractivity contribution in [2.45, 2.75) is 13.8 Å². The first-order chi connectivity index (χ1) is 8.68. The number of nitroso groups, excluding NO2 is 1. The van der Waals surface area contributed by atoms with Crippen LogP contribution in [0.2, 0.25) is 0 Å². The van der Waals surface area contributed by atoms with E-state index in [2.05, 4.69) is 5.18 Å². The van der Waals surface area contributed by atoms with E-state index in [0.717, 1.165) is 6.20 Å². The van der Waals surface area contributed by atoms with Gasteiger partial charge in [0.2, 0.25) is 0 Å². The Bertz CT molecular complexity index is 448. The van der Waals surface area contributed by atoms with E-state index in [1.807, 2.05) is 6.07 Å². The third-order valence-electron chi connectivity index (χ3n) is 2.14. The molecule has 0 bridgehead atoms. The third kappa shape index (κ3) is 3.60. The van der Waals surface area contributed by atoms with Crippen LogP contribution in [0.1, 0.15) is 19.4 Å². The first kappa shape index (κ1) is 14.8. The maximum Gasteiger partial charge on any atom is 0.363 e. The second-order valence-electron chi connectivity index (χ2n) is 3.32. The quantitative estimate of drug-likeness (QED) is 0.554. The lowest BCUT2D eigenvalue weighted by molar-refractivity contribution is 0.230. The molecule has 0 aromatic heterocycles. The average Bonchev–Trinajstić information content (AvgIpc) is 2.37. The Labute approximate surface area is 106 Å². The van der Waals surface area contributed by atoms with E-state index in [1.54, 1.807) is 38.1 Å². The highest BCUT2D eigenvalue weighted by molar-refractivity contribution is 7.65. The zero-order valence-corrected chi connectivity index (χ0v) is 11.3. The Balaban J connectivity index is 3.22. The molecule has 0 saturated carbocycles. The van der Waals surface area contributed by atoms with Gasteiger partial charge in [0, 0.05) is 0 Å². The molecule has 0 N–H and O–H groups in total. The van der Waals surface area contributed by atoms with E-state index in [0.29, 0.717) is 5.56 Å². The Hall–Kier alpha value is -1.29. The normalized spacial score (nSPS) is 12.4. The summed E-state index contributed by atoms with van der Waals surface area (Å²) in [4.78, 5) is 10.5. The van der Waals surface area contributed by atoms with E-state index in [9.17, 15) is 9.47 Å². The monoisotopic (exact) mass is 269 g/mol. The fraction of sp³-hybridized carbons (Fsp3) is 0.333. The van der Waals surface area contributed by atoms with Crippen LogP contribution in [-0.4, -0.2) is 13.2 Å². The number of nitrogens with zero attached hydrogens (tertiary/aromatic N) is 1. The Morgan fingerprint density at radius 3 is 2.22 bits per heavy atom. The van der Waals surface area contributed by atoms with Gasteiger partial charge in [0.05, 0.1) is 24.7 Å². The summed E-state index contributed by atoms with van der Waals surface area (Å²) in [7, 11) is -3.50. The van der Waals surface area contributed by atoms with Gasteiger partial charge in [-0.05, 0) is 24.6 Å². The lowest BCUT2D eigenvalue weighted by Crippen LogP contribution is -1.98. The third-order valence-corrected chi connectivity index (χ3v) is 4.30. The van der Waals surface area contributed by atoms with Gasteiger partial charge in [-0.2, -0.15) is 0 Å². The molecular formula is C12H16NO4P. The van der Waals surface area contributed by atoms with Gasteiger partial charge in [-0.3, -0.25) is 4.57 Å². The van der Waals surface area contributed by atoms with Gasteiger partial charge in [-0.1, -0.05) is 30.3 Å². The Kier molecular flexibility index (Phi) is 5.92. The molecule has 0 aliphatic heterocycles. The van der Waals surface area contributed by atoms with Crippen LogP contribution in [0.4, 0.5) is 0 Å². The number of hydrogen-bond acceptors (Lipinski definition) is 5. The highest BCUT2D eigenvalue weighted by Crippen LogP contribution is 2.60. The number of rotatable bonds is 7. The fourth-order valence-corrected chi connectivity index (χ4v) is 3.16. The van der Waals surface area contributed by atoms with Crippen molar-refractivity contribution in [3.8, 4) is 0 Å². The lowest BCUT2D eigenvalue weighted by atomic mass is 10.2. The van der Waals surface area contributed by atoms with Crippen molar-refractivity contribution >= 4 is 12.9 Å². The molecule has 0 heterocycles. The molecule has 6 heteroatoms. The zero-order valence-electron chi connectivity index (χ0n) is 10.4. The van der Waals surface area contributed by atoms with Crippen LogP contribution < -0.4 is 0 Å². The smallest absolute Gasteiger partial charge is 0.305 e. The predicted octanol–water partition coefficient (Wildman–Crippen LogP) is 4.02. The van der Waals surface area contributed by atoms with Crippen LogP contribution in [0.15, 0.2) is 41.7 Å². The van der Waals surface area contributed by atoms with E-state index in [-0.39, 0.29) is 18.5 Å². The molecule has 1 rings (SSSR count). The number of benzene rings is 1. The predicted molar refractivity (Wildman–Crippen MR) is 71.1 cm³/mol. The van der Waals surface area contributed by atoms with Crippen LogP contribution in [-0.2, 0) is 13.6 Å². The minimum atomic E-state index is -3.50. The van der Waals surface area contributed by atoms with E-state index < -0.39 is 7.60 Å². The van der Waals surface area contributed by atoms with Crippen molar-refractivity contribution in [1.82, 2.24) is 0 Å². The van der Waals surface area contributed by atoms with Crippen LogP contribution in [0.3, 0.4) is 0 Å². The van der Waals surface area contributed by atoms with Crippen molar-refractivity contribution in [1.29, 1.82) is 0 Å².